The number of allylic oxidation sites excluding steroid dienone is 5. The monoisotopic (exact) mass is 774 g/mol. The second-order valence-electron chi connectivity index (χ2n) is 15.9. The van der Waals surface area contributed by atoms with Gasteiger partial charge in [0, 0.05) is 53.1 Å². The molecule has 0 saturated carbocycles. The standard InChI is InChI=1S/C46H46O11/c1-22(2)6-11-31-41(53)38(42(54)39-43(55)45-46(57-44(31)39,15-14-23(3)4)33-13-10-29(49)21-36(33)56-45)32-17-24(5)16-26(18-25-7-8-27(47)19-34(25)50)37(32)40(52)30-12-9-28(48)20-35(30)51/h6-10,12-14,17,19-21,26,32,37,45,47-51,53-54H,11,15-16,18H2,1-5H3. The molecule has 4 aromatic carbocycles. The molecule has 1 aliphatic carbocycles. The minimum atomic E-state index is -1.42. The Bertz CT molecular complexity index is 2410. The summed E-state index contributed by atoms with van der Waals surface area (Å²) < 4.78 is 13.2. The van der Waals surface area contributed by atoms with Crippen molar-refractivity contribution in [1.82, 2.24) is 0 Å². The summed E-state index contributed by atoms with van der Waals surface area (Å²) in [7, 11) is 0. The van der Waals surface area contributed by atoms with E-state index in [0.717, 1.165) is 22.8 Å². The maximum absolute atomic E-state index is 15.0. The number of benzene rings is 4. The highest BCUT2D eigenvalue weighted by Gasteiger charge is 2.59. The van der Waals surface area contributed by atoms with Crippen LogP contribution in [0, 0.1) is 11.8 Å². The topological polar surface area (TPSA) is 194 Å². The number of ketones is 2. The van der Waals surface area contributed by atoms with E-state index >= 15 is 0 Å². The molecular weight excluding hydrogens is 728 g/mol. The fraction of sp³-hybridized carbons (Fsp3) is 0.304. The van der Waals surface area contributed by atoms with Crippen molar-refractivity contribution in [3.8, 4) is 51.7 Å². The molecule has 0 bridgehead atoms. The van der Waals surface area contributed by atoms with Crippen molar-refractivity contribution in [3.05, 3.63) is 123 Å². The molecular formula is C46H46O11. The number of hydrogen-bond donors (Lipinski definition) is 7. The van der Waals surface area contributed by atoms with Crippen molar-refractivity contribution in [2.75, 3.05) is 0 Å². The molecule has 7 rings (SSSR count). The van der Waals surface area contributed by atoms with Crippen molar-refractivity contribution in [2.45, 2.75) is 77.9 Å². The predicted octanol–water partition coefficient (Wildman–Crippen LogP) is 8.51. The van der Waals surface area contributed by atoms with E-state index in [2.05, 4.69) is 0 Å². The number of phenolic OH excluding ortho intramolecular Hbond substituents is 7. The van der Waals surface area contributed by atoms with Gasteiger partial charge in [-0.1, -0.05) is 41.0 Å². The van der Waals surface area contributed by atoms with Crippen LogP contribution in [-0.4, -0.2) is 53.4 Å². The first-order valence-corrected chi connectivity index (χ1v) is 18.9. The number of ether oxygens (including phenoxy) is 2. The molecule has 2 heterocycles. The Morgan fingerprint density at radius 2 is 1.47 bits per heavy atom. The molecule has 0 saturated heterocycles. The molecule has 5 unspecified atom stereocenters. The Morgan fingerprint density at radius 1 is 0.825 bits per heavy atom. The second-order valence-corrected chi connectivity index (χ2v) is 15.9. The van der Waals surface area contributed by atoms with E-state index in [0.29, 0.717) is 17.5 Å². The Labute approximate surface area is 330 Å². The number of rotatable bonds is 9. The lowest BCUT2D eigenvalue weighted by Crippen LogP contribution is -2.51. The van der Waals surface area contributed by atoms with Gasteiger partial charge in [-0.05, 0) is 95.7 Å². The Kier molecular flexibility index (Phi) is 9.97. The van der Waals surface area contributed by atoms with Gasteiger partial charge in [-0.3, -0.25) is 9.59 Å². The third-order valence-corrected chi connectivity index (χ3v) is 11.3. The van der Waals surface area contributed by atoms with Crippen LogP contribution >= 0.6 is 0 Å². The molecule has 4 aromatic rings. The van der Waals surface area contributed by atoms with Crippen molar-refractivity contribution in [3.63, 3.8) is 0 Å². The van der Waals surface area contributed by atoms with Gasteiger partial charge in [0.25, 0.3) is 0 Å². The SMILES string of the molecule is CC(C)=CCc1c(O)c(C2C=C(C)CC(Cc3ccc(O)cc3O)C2C(=O)c2ccc(O)cc2O)c(O)c2c1OC1(CC=C(C)C)c3ccc(O)cc3OC1C2=O. The Hall–Kier alpha value is -6.36. The van der Waals surface area contributed by atoms with E-state index in [1.807, 2.05) is 46.8 Å². The molecule has 7 N–H and O–H groups in total. The van der Waals surface area contributed by atoms with E-state index in [9.17, 15) is 45.3 Å². The van der Waals surface area contributed by atoms with Crippen LogP contribution in [0.15, 0.2) is 89.5 Å². The molecule has 0 radical (unpaired) electrons. The average molecular weight is 775 g/mol. The van der Waals surface area contributed by atoms with Crippen LogP contribution in [0.5, 0.6) is 51.7 Å². The molecule has 0 aromatic heterocycles. The third-order valence-electron chi connectivity index (χ3n) is 11.3. The minimum absolute atomic E-state index is 0.0275. The van der Waals surface area contributed by atoms with Crippen LogP contribution in [-0.2, 0) is 18.4 Å². The Balaban J connectivity index is 1.47. The predicted molar refractivity (Wildman–Crippen MR) is 212 cm³/mol. The van der Waals surface area contributed by atoms with E-state index in [-0.39, 0.29) is 81.8 Å². The second kappa shape index (κ2) is 14.6. The zero-order chi connectivity index (χ0) is 41.1. The van der Waals surface area contributed by atoms with Crippen LogP contribution in [0.25, 0.3) is 0 Å². The first-order chi connectivity index (χ1) is 27.0. The Morgan fingerprint density at radius 3 is 2.14 bits per heavy atom. The van der Waals surface area contributed by atoms with Crippen molar-refractivity contribution >= 4 is 11.6 Å². The average Bonchev–Trinajstić information content (AvgIpc) is 3.45. The number of carbonyl (C=O) groups is 2. The van der Waals surface area contributed by atoms with Crippen LogP contribution in [0.2, 0.25) is 0 Å². The van der Waals surface area contributed by atoms with E-state index < -0.39 is 52.5 Å². The summed E-state index contributed by atoms with van der Waals surface area (Å²) >= 11 is 0. The highest BCUT2D eigenvalue weighted by atomic mass is 16.6. The van der Waals surface area contributed by atoms with Crippen LogP contribution in [0.3, 0.4) is 0 Å². The number of carbonyl (C=O) groups excluding carboxylic acids is 2. The first kappa shape index (κ1) is 38.9. The summed E-state index contributed by atoms with van der Waals surface area (Å²) in [6.45, 7) is 9.43. The lowest BCUT2D eigenvalue weighted by atomic mass is 9.65. The zero-order valence-electron chi connectivity index (χ0n) is 32.3. The number of phenols is 7. The molecule has 0 amide bonds. The molecule has 11 heteroatoms. The minimum Gasteiger partial charge on any atom is -0.508 e. The van der Waals surface area contributed by atoms with Gasteiger partial charge in [0.2, 0.25) is 11.9 Å². The fourth-order valence-electron chi connectivity index (χ4n) is 8.62. The van der Waals surface area contributed by atoms with Crippen LogP contribution in [0.4, 0.5) is 0 Å². The first-order valence-electron chi connectivity index (χ1n) is 18.9. The third kappa shape index (κ3) is 6.81. The number of hydrogen-bond acceptors (Lipinski definition) is 11. The number of Topliss-reactive ketones (excluding diaryl/α,β-unsaturated/α-hetero) is 2. The van der Waals surface area contributed by atoms with Gasteiger partial charge in [0.15, 0.2) is 11.4 Å². The summed E-state index contributed by atoms with van der Waals surface area (Å²) in [5.74, 6) is -5.88. The van der Waals surface area contributed by atoms with Crippen LogP contribution in [0.1, 0.15) is 96.3 Å². The van der Waals surface area contributed by atoms with Crippen molar-refractivity contribution < 1.29 is 54.8 Å². The van der Waals surface area contributed by atoms with Gasteiger partial charge in [0.05, 0.1) is 5.56 Å². The number of fused-ring (bicyclic) bond motifs is 4. The molecule has 296 valence electrons. The van der Waals surface area contributed by atoms with E-state index in [4.69, 9.17) is 9.47 Å². The molecule has 11 nitrogen and oxygen atoms in total. The molecule has 5 atom stereocenters. The van der Waals surface area contributed by atoms with Gasteiger partial charge in [0.1, 0.15) is 57.3 Å². The highest BCUT2D eigenvalue weighted by Crippen LogP contribution is 2.59. The molecule has 57 heavy (non-hydrogen) atoms. The van der Waals surface area contributed by atoms with Gasteiger partial charge in [-0.15, -0.1) is 0 Å². The smallest absolute Gasteiger partial charge is 0.215 e. The molecule has 3 aliphatic rings. The van der Waals surface area contributed by atoms with Crippen molar-refractivity contribution in [1.29, 1.82) is 0 Å². The summed E-state index contributed by atoms with van der Waals surface area (Å²) in [6.07, 6.45) is 4.98. The summed E-state index contributed by atoms with van der Waals surface area (Å²) in [5, 5.41) is 77.1. The van der Waals surface area contributed by atoms with E-state index in [1.165, 1.54) is 36.4 Å². The van der Waals surface area contributed by atoms with Gasteiger partial charge >= 0.3 is 0 Å². The molecule has 0 fully saturated rings. The maximum atomic E-state index is 15.0. The molecule has 2 aliphatic heterocycles. The van der Waals surface area contributed by atoms with E-state index in [1.54, 1.807) is 18.2 Å². The normalized spacial score (nSPS) is 21.9. The fourth-order valence-corrected chi connectivity index (χ4v) is 8.62. The maximum Gasteiger partial charge on any atom is 0.215 e. The van der Waals surface area contributed by atoms with Gasteiger partial charge in [-0.2, -0.15) is 0 Å². The molecule has 0 spiro atoms. The summed E-state index contributed by atoms with van der Waals surface area (Å²) in [6, 6.07) is 12.3. The lowest BCUT2D eigenvalue weighted by molar-refractivity contribution is -0.0171. The highest BCUT2D eigenvalue weighted by molar-refractivity contribution is 6.08. The van der Waals surface area contributed by atoms with Crippen molar-refractivity contribution in [2.24, 2.45) is 11.8 Å². The zero-order valence-corrected chi connectivity index (χ0v) is 32.3. The van der Waals surface area contributed by atoms with Gasteiger partial charge in [-0.25, -0.2) is 0 Å². The van der Waals surface area contributed by atoms with Crippen LogP contribution < -0.4 is 9.47 Å². The quantitative estimate of drug-likeness (QED) is 0.0637. The van der Waals surface area contributed by atoms with Gasteiger partial charge < -0.3 is 45.2 Å². The number of aromatic hydroxyl groups is 7. The summed E-state index contributed by atoms with van der Waals surface area (Å²) in [5.41, 5.74) is 1.96. The summed E-state index contributed by atoms with van der Waals surface area (Å²) in [4.78, 5) is 29.8. The largest absolute Gasteiger partial charge is 0.508 e. The lowest BCUT2D eigenvalue weighted by Gasteiger charge is -2.41.